The van der Waals surface area contributed by atoms with Crippen molar-refractivity contribution in [3.8, 4) is 11.9 Å². The van der Waals surface area contributed by atoms with E-state index in [1.165, 1.54) is 12.8 Å². The second kappa shape index (κ2) is 7.70. The number of aromatic nitrogens is 2. The Bertz CT molecular complexity index is 1010. The first kappa shape index (κ1) is 19.2. The van der Waals surface area contributed by atoms with Crippen molar-refractivity contribution < 1.29 is 9.53 Å². The number of hydrogen-bond acceptors (Lipinski definition) is 6. The molecule has 3 heterocycles. The van der Waals surface area contributed by atoms with Crippen LogP contribution in [0.15, 0.2) is 12.1 Å². The zero-order valence-electron chi connectivity index (χ0n) is 17.1. The SMILES string of the molecule is COc1nc2c(cc1CNc1nc(C)cc(C)c1C#N)C(=O)N(C1CCCC1)C2. The van der Waals surface area contributed by atoms with Crippen molar-refractivity contribution in [2.24, 2.45) is 0 Å². The highest BCUT2D eigenvalue weighted by Crippen LogP contribution is 2.33. The lowest BCUT2D eigenvalue weighted by Crippen LogP contribution is -2.33. The van der Waals surface area contributed by atoms with Crippen LogP contribution < -0.4 is 10.1 Å². The number of carbonyl (C=O) groups excluding carboxylic acids is 1. The first-order chi connectivity index (χ1) is 14.0. The Morgan fingerprint density at radius 3 is 2.72 bits per heavy atom. The molecule has 0 atom stereocenters. The maximum Gasteiger partial charge on any atom is 0.256 e. The summed E-state index contributed by atoms with van der Waals surface area (Å²) in [5, 5.41) is 12.7. The summed E-state index contributed by atoms with van der Waals surface area (Å²) >= 11 is 0. The first-order valence-corrected chi connectivity index (χ1v) is 10.0. The lowest BCUT2D eigenvalue weighted by atomic mass is 10.1. The van der Waals surface area contributed by atoms with E-state index in [1.807, 2.05) is 30.9 Å². The molecule has 0 saturated heterocycles. The van der Waals surface area contributed by atoms with Gasteiger partial charge in [-0.25, -0.2) is 9.97 Å². The molecule has 1 amide bonds. The molecule has 1 N–H and O–H groups in total. The van der Waals surface area contributed by atoms with Crippen LogP contribution in [-0.2, 0) is 13.1 Å². The van der Waals surface area contributed by atoms with Gasteiger partial charge in [-0.3, -0.25) is 4.79 Å². The van der Waals surface area contributed by atoms with Gasteiger partial charge in [0.05, 0.1) is 30.5 Å². The molecule has 0 unspecified atom stereocenters. The summed E-state index contributed by atoms with van der Waals surface area (Å²) in [6.07, 6.45) is 4.50. The van der Waals surface area contributed by atoms with Crippen LogP contribution >= 0.6 is 0 Å². The quantitative estimate of drug-likeness (QED) is 0.839. The van der Waals surface area contributed by atoms with Gasteiger partial charge >= 0.3 is 0 Å². The molecular weight excluding hydrogens is 366 g/mol. The molecule has 7 heteroatoms. The van der Waals surface area contributed by atoms with E-state index in [0.717, 1.165) is 35.4 Å². The number of nitriles is 1. The number of carbonyl (C=O) groups is 1. The van der Waals surface area contributed by atoms with Crippen molar-refractivity contribution in [3.63, 3.8) is 0 Å². The Morgan fingerprint density at radius 1 is 1.28 bits per heavy atom. The number of hydrogen-bond donors (Lipinski definition) is 1. The second-order valence-corrected chi connectivity index (χ2v) is 7.79. The molecule has 1 aliphatic carbocycles. The smallest absolute Gasteiger partial charge is 0.256 e. The first-order valence-electron chi connectivity index (χ1n) is 10.0. The van der Waals surface area contributed by atoms with E-state index >= 15 is 0 Å². The lowest BCUT2D eigenvalue weighted by molar-refractivity contribution is 0.0706. The summed E-state index contributed by atoms with van der Waals surface area (Å²) in [7, 11) is 1.58. The number of aryl methyl sites for hydroxylation is 2. The van der Waals surface area contributed by atoms with Gasteiger partial charge in [-0.2, -0.15) is 5.26 Å². The summed E-state index contributed by atoms with van der Waals surface area (Å²) in [5.41, 5.74) is 4.45. The lowest BCUT2D eigenvalue weighted by Gasteiger charge is -2.22. The predicted molar refractivity (Wildman–Crippen MR) is 109 cm³/mol. The molecule has 0 spiro atoms. The standard InChI is InChI=1S/C22H25N5O2/c1-13-8-14(2)25-20(18(13)10-23)24-11-15-9-17-19(26-21(15)29-3)12-27(22(17)28)16-6-4-5-7-16/h8-9,16H,4-7,11-12H2,1-3H3,(H,24,25). The van der Waals surface area contributed by atoms with E-state index in [9.17, 15) is 10.1 Å². The zero-order chi connectivity index (χ0) is 20.5. The van der Waals surface area contributed by atoms with Gasteiger partial charge in [0, 0.05) is 23.8 Å². The minimum atomic E-state index is 0.0607. The highest BCUT2D eigenvalue weighted by Gasteiger charge is 2.35. The highest BCUT2D eigenvalue weighted by atomic mass is 16.5. The minimum Gasteiger partial charge on any atom is -0.481 e. The third-order valence-corrected chi connectivity index (χ3v) is 5.81. The Balaban J connectivity index is 1.60. The number of nitrogens with zero attached hydrogens (tertiary/aromatic N) is 4. The van der Waals surface area contributed by atoms with E-state index < -0.39 is 0 Å². The molecule has 2 aromatic rings. The van der Waals surface area contributed by atoms with Gasteiger partial charge in [-0.15, -0.1) is 0 Å². The van der Waals surface area contributed by atoms with Gasteiger partial charge in [0.25, 0.3) is 5.91 Å². The fraction of sp³-hybridized carbons (Fsp3) is 0.455. The Labute approximate surface area is 170 Å². The molecule has 0 bridgehead atoms. The number of nitrogens with one attached hydrogen (secondary N) is 1. The third kappa shape index (κ3) is 3.51. The fourth-order valence-corrected chi connectivity index (χ4v) is 4.37. The second-order valence-electron chi connectivity index (χ2n) is 7.79. The molecule has 1 saturated carbocycles. The van der Waals surface area contributed by atoms with Gasteiger partial charge in [-0.05, 0) is 44.4 Å². The summed E-state index contributed by atoms with van der Waals surface area (Å²) in [4.78, 5) is 24.0. The Hall–Kier alpha value is -3.14. The molecule has 4 rings (SSSR count). The van der Waals surface area contributed by atoms with Crippen molar-refractivity contribution in [2.75, 3.05) is 12.4 Å². The summed E-state index contributed by atoms with van der Waals surface area (Å²) in [5.74, 6) is 1.09. The number of fused-ring (bicyclic) bond motifs is 1. The summed E-state index contributed by atoms with van der Waals surface area (Å²) in [6.45, 7) is 4.71. The molecule has 150 valence electrons. The molecule has 0 aromatic carbocycles. The Morgan fingerprint density at radius 2 is 2.03 bits per heavy atom. The van der Waals surface area contributed by atoms with Crippen LogP contribution in [-0.4, -0.2) is 33.9 Å². The van der Waals surface area contributed by atoms with Crippen molar-refractivity contribution in [2.45, 2.75) is 58.7 Å². The largest absolute Gasteiger partial charge is 0.481 e. The average molecular weight is 391 g/mol. The molecule has 1 aliphatic heterocycles. The monoisotopic (exact) mass is 391 g/mol. The van der Waals surface area contributed by atoms with E-state index in [1.54, 1.807) is 7.11 Å². The molecule has 7 nitrogen and oxygen atoms in total. The molecule has 2 aromatic heterocycles. The van der Waals surface area contributed by atoms with E-state index in [0.29, 0.717) is 42.0 Å². The number of rotatable bonds is 5. The van der Waals surface area contributed by atoms with Crippen LogP contribution in [0.3, 0.4) is 0 Å². The number of pyridine rings is 2. The Kier molecular flexibility index (Phi) is 5.10. The number of anilines is 1. The number of methoxy groups -OCH3 is 1. The maximum absolute atomic E-state index is 13.0. The summed E-state index contributed by atoms with van der Waals surface area (Å²) in [6, 6.07) is 6.29. The average Bonchev–Trinajstić information content (AvgIpc) is 3.33. The van der Waals surface area contributed by atoms with Crippen LogP contribution in [0.25, 0.3) is 0 Å². The van der Waals surface area contributed by atoms with E-state index in [2.05, 4.69) is 21.4 Å². The van der Waals surface area contributed by atoms with Crippen molar-refractivity contribution in [1.82, 2.24) is 14.9 Å². The van der Waals surface area contributed by atoms with Crippen LogP contribution in [0.5, 0.6) is 5.88 Å². The van der Waals surface area contributed by atoms with Crippen molar-refractivity contribution >= 4 is 11.7 Å². The maximum atomic E-state index is 13.0. The van der Waals surface area contributed by atoms with Gasteiger partial charge in [0.15, 0.2) is 0 Å². The predicted octanol–water partition coefficient (Wildman–Crippen LogP) is 3.48. The molecular formula is C22H25N5O2. The highest BCUT2D eigenvalue weighted by molar-refractivity contribution is 5.98. The van der Waals surface area contributed by atoms with Crippen LogP contribution in [0.2, 0.25) is 0 Å². The van der Waals surface area contributed by atoms with E-state index in [-0.39, 0.29) is 5.91 Å². The number of ether oxygens (including phenoxy) is 1. The fourth-order valence-electron chi connectivity index (χ4n) is 4.37. The van der Waals surface area contributed by atoms with Crippen molar-refractivity contribution in [3.05, 3.63) is 45.8 Å². The van der Waals surface area contributed by atoms with Gasteiger partial charge in [-0.1, -0.05) is 12.8 Å². The molecule has 29 heavy (non-hydrogen) atoms. The topological polar surface area (TPSA) is 91.1 Å². The van der Waals surface area contributed by atoms with Crippen molar-refractivity contribution in [1.29, 1.82) is 5.26 Å². The molecule has 2 aliphatic rings. The van der Waals surface area contributed by atoms with Gasteiger partial charge in [0.2, 0.25) is 5.88 Å². The van der Waals surface area contributed by atoms with Gasteiger partial charge in [0.1, 0.15) is 11.9 Å². The van der Waals surface area contributed by atoms with Crippen LogP contribution in [0, 0.1) is 25.2 Å². The van der Waals surface area contributed by atoms with Crippen LogP contribution in [0.1, 0.15) is 64.1 Å². The third-order valence-electron chi connectivity index (χ3n) is 5.81. The van der Waals surface area contributed by atoms with E-state index in [4.69, 9.17) is 4.74 Å². The van der Waals surface area contributed by atoms with Crippen LogP contribution in [0.4, 0.5) is 5.82 Å². The number of amides is 1. The summed E-state index contributed by atoms with van der Waals surface area (Å²) < 4.78 is 5.49. The van der Waals surface area contributed by atoms with Gasteiger partial charge < -0.3 is 15.0 Å². The zero-order valence-corrected chi connectivity index (χ0v) is 17.1. The molecule has 1 fully saturated rings. The molecule has 0 radical (unpaired) electrons. The normalized spacial score (nSPS) is 16.1. The minimum absolute atomic E-state index is 0.0607.